The van der Waals surface area contributed by atoms with Gasteiger partial charge in [-0.3, -0.25) is 14.3 Å². The topological polar surface area (TPSA) is 110 Å². The molecule has 45 heavy (non-hydrogen) atoms. The first-order valence-electron chi connectivity index (χ1n) is 15.3. The third-order valence-electron chi connectivity index (χ3n) is 9.33. The fraction of sp³-hybridized carbons (Fsp3) is 0.353. The highest BCUT2D eigenvalue weighted by molar-refractivity contribution is 6.72. The maximum absolute atomic E-state index is 16.2. The molecule has 1 saturated heterocycles. The molecule has 0 saturated carbocycles. The monoisotopic (exact) mass is 627 g/mol. The van der Waals surface area contributed by atoms with Crippen LogP contribution >= 0.6 is 0 Å². The van der Waals surface area contributed by atoms with E-state index < -0.39 is 31.6 Å². The smallest absolute Gasteiger partial charge is 0.264 e. The van der Waals surface area contributed by atoms with Gasteiger partial charge in [-0.05, 0) is 55.4 Å². The van der Waals surface area contributed by atoms with Crippen molar-refractivity contribution in [3.8, 4) is 0 Å². The molecule has 9 nitrogen and oxygen atoms in total. The summed E-state index contributed by atoms with van der Waals surface area (Å²) in [6.07, 6.45) is 1.68. The first kappa shape index (κ1) is 30.8. The van der Waals surface area contributed by atoms with E-state index in [-0.39, 0.29) is 24.3 Å². The molecule has 1 fully saturated rings. The predicted molar refractivity (Wildman–Crippen MR) is 172 cm³/mol. The van der Waals surface area contributed by atoms with E-state index in [9.17, 15) is 14.7 Å². The molecule has 2 amide bonds. The van der Waals surface area contributed by atoms with Crippen LogP contribution < -0.4 is 10.2 Å². The number of aliphatic hydroxyl groups is 1. The Morgan fingerprint density at radius 1 is 1.11 bits per heavy atom. The Morgan fingerprint density at radius 2 is 1.80 bits per heavy atom. The second kappa shape index (κ2) is 12.0. The molecule has 234 valence electrons. The van der Waals surface area contributed by atoms with Gasteiger partial charge in [-0.25, -0.2) is 0 Å². The number of rotatable bonds is 9. The minimum absolute atomic E-state index is 0.110. The van der Waals surface area contributed by atoms with Crippen molar-refractivity contribution in [2.24, 2.45) is 5.92 Å². The van der Waals surface area contributed by atoms with Gasteiger partial charge >= 0.3 is 0 Å². The molecule has 2 aliphatic heterocycles. The van der Waals surface area contributed by atoms with Crippen LogP contribution in [-0.2, 0) is 21.7 Å². The fourth-order valence-corrected chi connectivity index (χ4v) is 9.73. The number of aryl methyl sites for hydroxylation is 1. The van der Waals surface area contributed by atoms with Crippen molar-refractivity contribution in [1.82, 2.24) is 15.0 Å². The third-order valence-corrected chi connectivity index (χ3v) is 11.8. The Bertz CT molecular complexity index is 1700. The van der Waals surface area contributed by atoms with Crippen LogP contribution in [0.15, 0.2) is 85.1 Å². The van der Waals surface area contributed by atoms with Crippen LogP contribution in [0.3, 0.4) is 0 Å². The molecule has 6 rings (SSSR count). The molecule has 1 aromatic heterocycles. The van der Waals surface area contributed by atoms with Crippen LogP contribution in [0.5, 0.6) is 0 Å². The van der Waals surface area contributed by atoms with Gasteiger partial charge in [0.15, 0.2) is 5.60 Å². The van der Waals surface area contributed by atoms with E-state index >= 15 is 4.11 Å². The van der Waals surface area contributed by atoms with E-state index in [1.165, 1.54) is 0 Å². The minimum atomic E-state index is -3.35. The molecule has 1 unspecified atom stereocenters. The number of likely N-dealkylation sites (N-methyl/N-ethyl adjacent to an activating group) is 1. The minimum Gasteiger partial charge on any atom is -0.395 e. The summed E-state index contributed by atoms with van der Waals surface area (Å²) in [6.45, 7) is 5.54. The van der Waals surface area contributed by atoms with Gasteiger partial charge in [0.05, 0.1) is 30.0 Å². The molecule has 2 aliphatic rings. The summed E-state index contributed by atoms with van der Waals surface area (Å²) in [5, 5.41) is 21.6. The molecule has 5 atom stereocenters. The SMILES string of the molecule is C[C@H]1[C@H]([Si](C)(C)F)[C@@H](CCn2cc(C(CO)c3ccccc3)nn2)O[C@]12C(=O)N(C)c1ccc(NC(=O)c3ccccc3)cc12. The molecule has 2 N–H and O–H groups in total. The zero-order valence-corrected chi connectivity index (χ0v) is 26.9. The number of carbonyl (C=O) groups excluding carboxylic acids is 2. The summed E-state index contributed by atoms with van der Waals surface area (Å²) in [4.78, 5) is 28.5. The van der Waals surface area contributed by atoms with Gasteiger partial charge in [0, 0.05) is 48.1 Å². The Kier molecular flexibility index (Phi) is 8.19. The van der Waals surface area contributed by atoms with Crippen molar-refractivity contribution < 1.29 is 23.5 Å². The largest absolute Gasteiger partial charge is 0.395 e. The number of anilines is 2. The molecule has 0 aliphatic carbocycles. The molecular formula is C34H38FN5O4Si. The van der Waals surface area contributed by atoms with Crippen molar-refractivity contribution in [3.05, 3.63) is 107 Å². The number of nitrogens with one attached hydrogen (secondary N) is 1. The van der Waals surface area contributed by atoms with Gasteiger partial charge in [-0.1, -0.05) is 60.7 Å². The van der Waals surface area contributed by atoms with Crippen LogP contribution in [-0.4, -0.2) is 60.1 Å². The molecule has 0 radical (unpaired) electrons. The highest BCUT2D eigenvalue weighted by atomic mass is 28.4. The average molecular weight is 628 g/mol. The maximum atomic E-state index is 16.2. The Labute approximate surface area is 263 Å². The second-order valence-electron chi connectivity index (χ2n) is 12.5. The van der Waals surface area contributed by atoms with Gasteiger partial charge < -0.3 is 24.2 Å². The quantitative estimate of drug-likeness (QED) is 0.188. The van der Waals surface area contributed by atoms with Gasteiger partial charge in [-0.15, -0.1) is 5.10 Å². The zero-order valence-electron chi connectivity index (χ0n) is 25.9. The number of aliphatic hydroxyl groups excluding tert-OH is 1. The number of benzene rings is 3. The average Bonchev–Trinajstić information content (AvgIpc) is 3.68. The normalized spacial score (nSPS) is 23.4. The lowest BCUT2D eigenvalue weighted by atomic mass is 9.82. The number of aromatic nitrogens is 3. The lowest BCUT2D eigenvalue weighted by Crippen LogP contribution is -2.44. The van der Waals surface area contributed by atoms with E-state index in [1.807, 2.05) is 43.3 Å². The zero-order chi connectivity index (χ0) is 31.9. The maximum Gasteiger partial charge on any atom is 0.264 e. The van der Waals surface area contributed by atoms with E-state index in [1.54, 1.807) is 78.4 Å². The van der Waals surface area contributed by atoms with Crippen molar-refractivity contribution >= 4 is 31.6 Å². The summed E-state index contributed by atoms with van der Waals surface area (Å²) in [5.41, 5.74) is 2.09. The van der Waals surface area contributed by atoms with Gasteiger partial charge in [0.25, 0.3) is 11.8 Å². The van der Waals surface area contributed by atoms with E-state index in [4.69, 9.17) is 4.74 Å². The van der Waals surface area contributed by atoms with Crippen molar-refractivity contribution in [3.63, 3.8) is 0 Å². The summed E-state index contributed by atoms with van der Waals surface area (Å²) in [6, 6.07) is 23.9. The van der Waals surface area contributed by atoms with Crippen LogP contribution in [0, 0.1) is 5.92 Å². The number of fused-ring (bicyclic) bond motifs is 2. The van der Waals surface area contributed by atoms with Crippen LogP contribution in [0.2, 0.25) is 18.6 Å². The van der Waals surface area contributed by atoms with Gasteiger partial charge in [-0.2, -0.15) is 0 Å². The summed E-state index contributed by atoms with van der Waals surface area (Å²) in [5.74, 6) is -1.26. The Morgan fingerprint density at radius 3 is 2.47 bits per heavy atom. The Balaban J connectivity index is 1.27. The van der Waals surface area contributed by atoms with Gasteiger partial charge in [0.2, 0.25) is 8.41 Å². The van der Waals surface area contributed by atoms with Crippen LogP contribution in [0.4, 0.5) is 15.5 Å². The molecule has 3 heterocycles. The highest BCUT2D eigenvalue weighted by Gasteiger charge is 2.66. The number of hydrogen-bond acceptors (Lipinski definition) is 6. The fourth-order valence-electron chi connectivity index (χ4n) is 7.19. The lowest BCUT2D eigenvalue weighted by molar-refractivity contribution is -0.145. The summed E-state index contributed by atoms with van der Waals surface area (Å²) in [7, 11) is -1.64. The van der Waals surface area contributed by atoms with Crippen LogP contribution in [0.25, 0.3) is 0 Å². The van der Waals surface area contributed by atoms with E-state index in [0.29, 0.717) is 41.2 Å². The lowest BCUT2D eigenvalue weighted by Gasteiger charge is -2.31. The molecule has 1 spiro atoms. The highest BCUT2D eigenvalue weighted by Crippen LogP contribution is 2.60. The standard InChI is InChI=1S/C34H38FN5O4Si/c1-22-31(45(3,4)35)30(17-18-40-20-28(37-38-40)26(21-41)23-11-7-5-8-12-23)44-34(22)27-19-25(15-16-29(27)39(2)33(34)43)36-32(42)24-13-9-6-10-14-24/h5-16,19-20,22,26,30-31,41H,17-18,21H2,1-4H3,(H,36,42)/t22-,26?,30+,31-,34+/m0/s1. The second-order valence-corrected chi connectivity index (χ2v) is 16.3. The number of nitrogens with zero attached hydrogens (tertiary/aromatic N) is 4. The van der Waals surface area contributed by atoms with Crippen molar-refractivity contribution in [2.45, 2.75) is 56.1 Å². The molecular weight excluding hydrogens is 589 g/mol. The Hall–Kier alpha value is -4.19. The van der Waals surface area contributed by atoms with Crippen LogP contribution in [0.1, 0.15) is 46.4 Å². The summed E-state index contributed by atoms with van der Waals surface area (Å²) < 4.78 is 24.6. The molecule has 4 aromatic rings. The molecule has 11 heteroatoms. The number of carbonyl (C=O) groups is 2. The van der Waals surface area contributed by atoms with Crippen molar-refractivity contribution in [1.29, 1.82) is 0 Å². The van der Waals surface area contributed by atoms with Gasteiger partial charge in [0.1, 0.15) is 0 Å². The molecule has 0 bridgehead atoms. The first-order chi connectivity index (χ1) is 21.5. The third kappa shape index (κ3) is 5.49. The number of hydrogen-bond donors (Lipinski definition) is 2. The summed E-state index contributed by atoms with van der Waals surface area (Å²) >= 11 is 0. The molecule has 3 aromatic carbocycles. The van der Waals surface area contributed by atoms with E-state index in [0.717, 1.165) is 5.56 Å². The first-order valence-corrected chi connectivity index (χ1v) is 18.2. The predicted octanol–water partition coefficient (Wildman–Crippen LogP) is 5.50. The number of halogens is 1. The van der Waals surface area contributed by atoms with E-state index in [2.05, 4.69) is 15.6 Å². The number of amides is 2. The number of ether oxygens (including phenoxy) is 1. The van der Waals surface area contributed by atoms with Crippen molar-refractivity contribution in [2.75, 3.05) is 23.9 Å².